The normalized spacial score (nSPS) is 15.6. The van der Waals surface area contributed by atoms with Crippen LogP contribution < -0.4 is 5.32 Å². The number of ether oxygens (including phenoxy) is 1. The molecular formula is C27H24N2O5. The number of nitrogens with one attached hydrogen (secondary N) is 1. The molecular weight excluding hydrogens is 432 g/mol. The van der Waals surface area contributed by atoms with Crippen LogP contribution in [-0.2, 0) is 9.53 Å². The van der Waals surface area contributed by atoms with E-state index in [0.29, 0.717) is 11.3 Å². The SMILES string of the molecule is CC1(C(=O)O)CN(C(=O)c2ccccc2NC(=O)OCC2c3ccccc3-c3ccccc32)C1. The minimum Gasteiger partial charge on any atom is -0.481 e. The smallest absolute Gasteiger partial charge is 0.411 e. The Bertz CT molecular complexity index is 1250. The zero-order valence-corrected chi connectivity index (χ0v) is 18.7. The van der Waals surface area contributed by atoms with Gasteiger partial charge in [0.05, 0.1) is 11.3 Å². The summed E-state index contributed by atoms with van der Waals surface area (Å²) in [5.74, 6) is -1.32. The Hall–Kier alpha value is -4.13. The fraction of sp³-hybridized carbons (Fsp3) is 0.222. The largest absolute Gasteiger partial charge is 0.481 e. The van der Waals surface area contributed by atoms with E-state index in [1.54, 1.807) is 31.2 Å². The number of anilines is 1. The number of likely N-dealkylation sites (tertiary alicyclic amines) is 1. The number of hydrogen-bond acceptors (Lipinski definition) is 4. The maximum absolute atomic E-state index is 12.9. The van der Waals surface area contributed by atoms with Crippen LogP contribution in [0.15, 0.2) is 72.8 Å². The minimum atomic E-state index is -0.940. The highest BCUT2D eigenvalue weighted by molar-refractivity contribution is 6.03. The Balaban J connectivity index is 1.27. The third-order valence-corrected chi connectivity index (χ3v) is 6.62. The van der Waals surface area contributed by atoms with E-state index in [4.69, 9.17) is 4.74 Å². The van der Waals surface area contributed by atoms with Crippen LogP contribution in [0.2, 0.25) is 0 Å². The molecule has 0 aromatic heterocycles. The van der Waals surface area contributed by atoms with Gasteiger partial charge in [0.15, 0.2) is 0 Å². The lowest BCUT2D eigenvalue weighted by Crippen LogP contribution is -2.60. The number of fused-ring (bicyclic) bond motifs is 3. The summed E-state index contributed by atoms with van der Waals surface area (Å²) in [5, 5.41) is 12.0. The second kappa shape index (κ2) is 8.33. The molecule has 3 aromatic rings. The van der Waals surface area contributed by atoms with E-state index in [9.17, 15) is 19.5 Å². The van der Waals surface area contributed by atoms with Crippen molar-refractivity contribution in [2.75, 3.05) is 25.0 Å². The van der Waals surface area contributed by atoms with Crippen molar-refractivity contribution >= 4 is 23.7 Å². The number of para-hydroxylation sites is 1. The standard InChI is InChI=1S/C27H24N2O5/c1-27(25(31)32)15-29(16-27)24(30)21-12-6-7-13-23(21)28-26(33)34-14-22-19-10-4-2-8-17(19)18-9-3-5-11-20(18)22/h2-13,22H,14-16H2,1H3,(H,28,33)(H,31,32). The van der Waals surface area contributed by atoms with Gasteiger partial charge < -0.3 is 14.7 Å². The lowest BCUT2D eigenvalue weighted by molar-refractivity contribution is -0.155. The summed E-state index contributed by atoms with van der Waals surface area (Å²) in [6.45, 7) is 2.03. The molecule has 5 rings (SSSR count). The zero-order chi connectivity index (χ0) is 23.9. The Morgan fingerprint density at radius 1 is 0.941 bits per heavy atom. The highest BCUT2D eigenvalue weighted by atomic mass is 16.5. The number of aliphatic carboxylic acids is 1. The second-order valence-electron chi connectivity index (χ2n) is 9.02. The zero-order valence-electron chi connectivity index (χ0n) is 18.7. The first-order valence-electron chi connectivity index (χ1n) is 11.1. The van der Waals surface area contributed by atoms with Crippen LogP contribution in [0.1, 0.15) is 34.3 Å². The lowest BCUT2D eigenvalue weighted by Gasteiger charge is -2.45. The summed E-state index contributed by atoms with van der Waals surface area (Å²) >= 11 is 0. The molecule has 2 aliphatic rings. The number of amides is 2. The van der Waals surface area contributed by atoms with Gasteiger partial charge in [-0.2, -0.15) is 0 Å². The van der Waals surface area contributed by atoms with Crippen LogP contribution in [0.25, 0.3) is 11.1 Å². The van der Waals surface area contributed by atoms with Gasteiger partial charge in [-0.15, -0.1) is 0 Å². The van der Waals surface area contributed by atoms with Crippen LogP contribution in [0.4, 0.5) is 10.5 Å². The quantitative estimate of drug-likeness (QED) is 0.585. The van der Waals surface area contributed by atoms with Gasteiger partial charge in [0.1, 0.15) is 12.0 Å². The molecule has 1 heterocycles. The van der Waals surface area contributed by atoms with Crippen molar-refractivity contribution < 1.29 is 24.2 Å². The monoisotopic (exact) mass is 456 g/mol. The van der Waals surface area contributed by atoms with E-state index < -0.39 is 17.5 Å². The van der Waals surface area contributed by atoms with E-state index in [1.165, 1.54) is 4.90 Å². The molecule has 0 radical (unpaired) electrons. The number of hydrogen-bond donors (Lipinski definition) is 2. The number of carbonyl (C=O) groups excluding carboxylic acids is 2. The van der Waals surface area contributed by atoms with E-state index in [-0.39, 0.29) is 31.5 Å². The Morgan fingerprint density at radius 3 is 2.12 bits per heavy atom. The third-order valence-electron chi connectivity index (χ3n) is 6.62. The van der Waals surface area contributed by atoms with Crippen LogP contribution in [0.5, 0.6) is 0 Å². The molecule has 0 atom stereocenters. The maximum Gasteiger partial charge on any atom is 0.411 e. The molecule has 1 fully saturated rings. The Labute approximate surface area is 197 Å². The average molecular weight is 456 g/mol. The molecule has 1 aliphatic heterocycles. The summed E-state index contributed by atoms with van der Waals surface area (Å²) in [6.07, 6.45) is -0.652. The van der Waals surface area contributed by atoms with Crippen LogP contribution in [-0.4, -0.2) is 47.7 Å². The molecule has 0 spiro atoms. The first-order chi connectivity index (χ1) is 16.4. The van der Waals surface area contributed by atoms with E-state index in [0.717, 1.165) is 22.3 Å². The van der Waals surface area contributed by atoms with Crippen molar-refractivity contribution in [3.05, 3.63) is 89.5 Å². The molecule has 0 saturated carbocycles. The molecule has 0 unspecified atom stereocenters. The molecule has 172 valence electrons. The van der Waals surface area contributed by atoms with Crippen LogP contribution in [0, 0.1) is 5.41 Å². The number of nitrogens with zero attached hydrogens (tertiary/aromatic N) is 1. The van der Waals surface area contributed by atoms with Crippen molar-refractivity contribution in [2.24, 2.45) is 5.41 Å². The predicted molar refractivity (Wildman–Crippen MR) is 127 cm³/mol. The van der Waals surface area contributed by atoms with Gasteiger partial charge in [0.2, 0.25) is 0 Å². The fourth-order valence-electron chi connectivity index (χ4n) is 4.77. The molecule has 2 amide bonds. The van der Waals surface area contributed by atoms with Gasteiger partial charge in [-0.25, -0.2) is 4.79 Å². The second-order valence-corrected chi connectivity index (χ2v) is 9.02. The van der Waals surface area contributed by atoms with Gasteiger partial charge in [-0.3, -0.25) is 14.9 Å². The van der Waals surface area contributed by atoms with Crippen molar-refractivity contribution in [3.63, 3.8) is 0 Å². The molecule has 7 nitrogen and oxygen atoms in total. The van der Waals surface area contributed by atoms with Gasteiger partial charge in [-0.05, 0) is 41.3 Å². The molecule has 34 heavy (non-hydrogen) atoms. The van der Waals surface area contributed by atoms with Crippen molar-refractivity contribution in [2.45, 2.75) is 12.8 Å². The first kappa shape index (κ1) is 21.7. The number of carboxylic acid groups (broad SMARTS) is 1. The van der Waals surface area contributed by atoms with Crippen molar-refractivity contribution in [1.82, 2.24) is 4.90 Å². The summed E-state index contributed by atoms with van der Waals surface area (Å²) in [4.78, 5) is 38.4. The first-order valence-corrected chi connectivity index (χ1v) is 11.1. The predicted octanol–water partition coefficient (Wildman–Crippen LogP) is 4.59. The lowest BCUT2D eigenvalue weighted by atomic mass is 9.81. The molecule has 7 heteroatoms. The summed E-state index contributed by atoms with van der Waals surface area (Å²) < 4.78 is 5.59. The Morgan fingerprint density at radius 2 is 1.50 bits per heavy atom. The Kier molecular flexibility index (Phi) is 5.32. The summed E-state index contributed by atoms with van der Waals surface area (Å²) in [7, 11) is 0. The van der Waals surface area contributed by atoms with E-state index in [1.807, 2.05) is 36.4 Å². The number of carbonyl (C=O) groups is 3. The van der Waals surface area contributed by atoms with Crippen molar-refractivity contribution in [1.29, 1.82) is 0 Å². The molecule has 1 saturated heterocycles. The van der Waals surface area contributed by atoms with Gasteiger partial charge >= 0.3 is 12.1 Å². The summed E-state index contributed by atoms with van der Waals surface area (Å²) in [6, 6.07) is 22.8. The molecule has 0 bridgehead atoms. The van der Waals surface area contributed by atoms with E-state index >= 15 is 0 Å². The number of carboxylic acids is 1. The third kappa shape index (κ3) is 3.69. The van der Waals surface area contributed by atoms with E-state index in [2.05, 4.69) is 17.4 Å². The molecule has 1 aliphatic carbocycles. The number of rotatable bonds is 5. The highest BCUT2D eigenvalue weighted by Gasteiger charge is 2.47. The molecule has 3 aromatic carbocycles. The average Bonchev–Trinajstić information content (AvgIpc) is 3.14. The van der Waals surface area contributed by atoms with Gasteiger partial charge in [0.25, 0.3) is 5.91 Å². The van der Waals surface area contributed by atoms with Crippen LogP contribution in [0.3, 0.4) is 0 Å². The minimum absolute atomic E-state index is 0.0650. The van der Waals surface area contributed by atoms with Gasteiger partial charge in [0, 0.05) is 19.0 Å². The van der Waals surface area contributed by atoms with Gasteiger partial charge in [-0.1, -0.05) is 60.7 Å². The fourth-order valence-corrected chi connectivity index (χ4v) is 4.77. The number of benzene rings is 3. The van der Waals surface area contributed by atoms with Crippen molar-refractivity contribution in [3.8, 4) is 11.1 Å². The topological polar surface area (TPSA) is 95.9 Å². The molecule has 2 N–H and O–H groups in total. The highest BCUT2D eigenvalue weighted by Crippen LogP contribution is 2.44. The maximum atomic E-state index is 12.9. The summed E-state index contributed by atoms with van der Waals surface area (Å²) in [5.41, 5.74) is 4.21. The van der Waals surface area contributed by atoms with Crippen LogP contribution >= 0.6 is 0 Å².